The van der Waals surface area contributed by atoms with Gasteiger partial charge in [0.2, 0.25) is 0 Å². The zero-order valence-corrected chi connectivity index (χ0v) is 22.8. The summed E-state index contributed by atoms with van der Waals surface area (Å²) in [6.07, 6.45) is 0. The van der Waals surface area contributed by atoms with E-state index in [0.29, 0.717) is 6.04 Å². The molecular formula is C38H30N2. The lowest BCUT2D eigenvalue weighted by Gasteiger charge is -2.13. The third kappa shape index (κ3) is 4.28. The number of aromatic nitrogens is 2. The summed E-state index contributed by atoms with van der Waals surface area (Å²) in [4.78, 5) is 5.08. The number of pyridine rings is 1. The summed E-state index contributed by atoms with van der Waals surface area (Å²) in [5, 5.41) is 2.58. The van der Waals surface area contributed by atoms with Gasteiger partial charge in [0.1, 0.15) is 0 Å². The van der Waals surface area contributed by atoms with Crippen LogP contribution >= 0.6 is 0 Å². The lowest BCUT2D eigenvalue weighted by molar-refractivity contribution is 0.642. The summed E-state index contributed by atoms with van der Waals surface area (Å²) in [6, 6.07) is 50.1. The Hall–Kier alpha value is -4.95. The molecule has 2 aromatic heterocycles. The van der Waals surface area contributed by atoms with Gasteiger partial charge in [-0.3, -0.25) is 0 Å². The third-order valence-corrected chi connectivity index (χ3v) is 7.72. The van der Waals surface area contributed by atoms with E-state index in [1.54, 1.807) is 0 Å². The average Bonchev–Trinajstić information content (AvgIpc) is 3.35. The number of fused-ring (bicyclic) bond motifs is 3. The normalized spacial score (nSPS) is 11.5. The van der Waals surface area contributed by atoms with Gasteiger partial charge in [-0.1, -0.05) is 109 Å². The second kappa shape index (κ2) is 9.98. The highest BCUT2D eigenvalue weighted by molar-refractivity contribution is 6.10. The largest absolute Gasteiger partial charge is 0.338 e. The van der Waals surface area contributed by atoms with Gasteiger partial charge in [0.05, 0.1) is 11.4 Å². The molecule has 40 heavy (non-hydrogen) atoms. The van der Waals surface area contributed by atoms with Crippen molar-refractivity contribution >= 4 is 21.8 Å². The molecule has 0 saturated heterocycles. The van der Waals surface area contributed by atoms with Gasteiger partial charge in [-0.15, -0.1) is 0 Å². The monoisotopic (exact) mass is 514 g/mol. The molecule has 2 heteroatoms. The maximum Gasteiger partial charge on any atom is 0.0715 e. The minimum Gasteiger partial charge on any atom is -0.338 e. The molecule has 0 aliphatic heterocycles. The summed E-state index contributed by atoms with van der Waals surface area (Å²) in [7, 11) is 0. The van der Waals surface area contributed by atoms with Crippen LogP contribution < -0.4 is 0 Å². The first-order valence-electron chi connectivity index (χ1n) is 13.9. The van der Waals surface area contributed by atoms with Crippen molar-refractivity contribution in [2.24, 2.45) is 0 Å². The van der Waals surface area contributed by atoms with Crippen LogP contribution in [0.5, 0.6) is 0 Å². The van der Waals surface area contributed by atoms with E-state index in [4.69, 9.17) is 4.98 Å². The predicted molar refractivity (Wildman–Crippen MR) is 169 cm³/mol. The van der Waals surface area contributed by atoms with E-state index in [0.717, 1.165) is 22.5 Å². The summed E-state index contributed by atoms with van der Waals surface area (Å²) in [5.74, 6) is 0. The topological polar surface area (TPSA) is 17.8 Å². The fourth-order valence-corrected chi connectivity index (χ4v) is 5.81. The minimum absolute atomic E-state index is 0.329. The zero-order valence-electron chi connectivity index (χ0n) is 22.8. The average molecular weight is 515 g/mol. The second-order valence-electron chi connectivity index (χ2n) is 10.7. The van der Waals surface area contributed by atoms with Gasteiger partial charge in [0, 0.05) is 39.0 Å². The Bertz CT molecular complexity index is 1890. The summed E-state index contributed by atoms with van der Waals surface area (Å²) < 4.78 is 2.47. The van der Waals surface area contributed by atoms with Gasteiger partial charge in [0.25, 0.3) is 0 Å². The molecule has 0 N–H and O–H groups in total. The van der Waals surface area contributed by atoms with Gasteiger partial charge in [-0.2, -0.15) is 0 Å². The van der Waals surface area contributed by atoms with Crippen molar-refractivity contribution < 1.29 is 0 Å². The molecule has 0 aliphatic rings. The van der Waals surface area contributed by atoms with E-state index in [2.05, 4.69) is 146 Å². The Morgan fingerprint density at radius 1 is 0.425 bits per heavy atom. The molecule has 0 saturated carbocycles. The molecule has 0 amide bonds. The third-order valence-electron chi connectivity index (χ3n) is 7.72. The fourth-order valence-electron chi connectivity index (χ4n) is 5.81. The number of hydrogen-bond donors (Lipinski definition) is 0. The van der Waals surface area contributed by atoms with Crippen LogP contribution in [-0.2, 0) is 0 Å². The Balaban J connectivity index is 1.44. The fraction of sp³-hybridized carbons (Fsp3) is 0.0789. The SMILES string of the molecule is CC(C)n1c2ccc(-c3ccccc3)cc2c2ccc(-c3cc(-c4ccccc4)nc(-c4ccccc4)c3)cc21. The van der Waals surface area contributed by atoms with Gasteiger partial charge < -0.3 is 4.57 Å². The van der Waals surface area contributed by atoms with Crippen LogP contribution in [0, 0.1) is 0 Å². The number of nitrogens with zero attached hydrogens (tertiary/aromatic N) is 2. The maximum atomic E-state index is 5.08. The zero-order chi connectivity index (χ0) is 27.1. The van der Waals surface area contributed by atoms with Gasteiger partial charge in [0.15, 0.2) is 0 Å². The lowest BCUT2D eigenvalue weighted by atomic mass is 9.98. The van der Waals surface area contributed by atoms with Crippen molar-refractivity contribution in [1.82, 2.24) is 9.55 Å². The number of benzene rings is 5. The van der Waals surface area contributed by atoms with E-state index in [1.807, 2.05) is 12.1 Å². The summed E-state index contributed by atoms with van der Waals surface area (Å²) >= 11 is 0. The highest BCUT2D eigenvalue weighted by atomic mass is 15.0. The Morgan fingerprint density at radius 3 is 1.52 bits per heavy atom. The van der Waals surface area contributed by atoms with Crippen LogP contribution in [0.2, 0.25) is 0 Å². The van der Waals surface area contributed by atoms with Crippen molar-refractivity contribution in [2.45, 2.75) is 19.9 Å². The molecule has 0 atom stereocenters. The molecule has 7 aromatic rings. The van der Waals surface area contributed by atoms with Crippen LogP contribution in [0.3, 0.4) is 0 Å². The maximum absolute atomic E-state index is 5.08. The van der Waals surface area contributed by atoms with Gasteiger partial charge in [-0.05, 0) is 66.4 Å². The summed E-state index contributed by atoms with van der Waals surface area (Å²) in [5.41, 5.74) is 11.6. The van der Waals surface area contributed by atoms with Crippen molar-refractivity contribution in [3.63, 3.8) is 0 Å². The van der Waals surface area contributed by atoms with Gasteiger partial charge >= 0.3 is 0 Å². The molecule has 7 rings (SSSR count). The standard InChI is InChI=1S/C38H30N2/c1-26(2)40-37-21-19-30(27-12-6-3-7-13-27)22-34(37)33-20-18-31(25-38(33)40)32-23-35(28-14-8-4-9-15-28)39-36(24-32)29-16-10-5-11-17-29/h3-26H,1-2H3. The van der Waals surface area contributed by atoms with E-state index < -0.39 is 0 Å². The molecular weight excluding hydrogens is 484 g/mol. The Kier molecular flexibility index (Phi) is 6.02. The smallest absolute Gasteiger partial charge is 0.0715 e. The van der Waals surface area contributed by atoms with Crippen molar-refractivity contribution in [3.05, 3.63) is 140 Å². The van der Waals surface area contributed by atoms with E-state index in [9.17, 15) is 0 Å². The van der Waals surface area contributed by atoms with E-state index in [-0.39, 0.29) is 0 Å². The number of hydrogen-bond acceptors (Lipinski definition) is 1. The molecule has 0 unspecified atom stereocenters. The quantitative estimate of drug-likeness (QED) is 0.223. The van der Waals surface area contributed by atoms with E-state index >= 15 is 0 Å². The first-order chi connectivity index (χ1) is 19.7. The van der Waals surface area contributed by atoms with Crippen LogP contribution in [0.4, 0.5) is 0 Å². The molecule has 2 nitrogen and oxygen atoms in total. The van der Waals surface area contributed by atoms with Crippen LogP contribution in [0.15, 0.2) is 140 Å². The van der Waals surface area contributed by atoms with Crippen LogP contribution in [-0.4, -0.2) is 9.55 Å². The predicted octanol–water partition coefficient (Wildman–Crippen LogP) is 10.4. The molecule has 0 radical (unpaired) electrons. The Labute approximate surface area is 235 Å². The first kappa shape index (κ1) is 24.1. The second-order valence-corrected chi connectivity index (χ2v) is 10.7. The molecule has 0 spiro atoms. The highest BCUT2D eigenvalue weighted by Crippen LogP contribution is 2.38. The summed E-state index contributed by atoms with van der Waals surface area (Å²) in [6.45, 7) is 4.54. The van der Waals surface area contributed by atoms with Crippen LogP contribution in [0.25, 0.3) is 66.6 Å². The molecule has 5 aromatic carbocycles. The van der Waals surface area contributed by atoms with Crippen molar-refractivity contribution in [2.75, 3.05) is 0 Å². The van der Waals surface area contributed by atoms with Crippen LogP contribution in [0.1, 0.15) is 19.9 Å². The highest BCUT2D eigenvalue weighted by Gasteiger charge is 2.16. The molecule has 0 bridgehead atoms. The Morgan fingerprint density at radius 2 is 0.950 bits per heavy atom. The first-order valence-corrected chi connectivity index (χ1v) is 13.9. The van der Waals surface area contributed by atoms with Gasteiger partial charge in [-0.25, -0.2) is 4.98 Å². The molecule has 192 valence electrons. The lowest BCUT2D eigenvalue weighted by Crippen LogP contribution is -2.00. The van der Waals surface area contributed by atoms with E-state index in [1.165, 1.54) is 44.1 Å². The van der Waals surface area contributed by atoms with Crippen molar-refractivity contribution in [3.8, 4) is 44.8 Å². The number of rotatable bonds is 5. The molecule has 0 aliphatic carbocycles. The minimum atomic E-state index is 0.329. The molecule has 2 heterocycles. The van der Waals surface area contributed by atoms with Crippen molar-refractivity contribution in [1.29, 1.82) is 0 Å². The molecule has 0 fully saturated rings.